The maximum absolute atomic E-state index is 13.0. The molecule has 2 aromatic carbocycles. The van der Waals surface area contributed by atoms with Crippen LogP contribution < -0.4 is 14.8 Å². The first kappa shape index (κ1) is 23.4. The van der Waals surface area contributed by atoms with Crippen LogP contribution in [0.4, 0.5) is 4.39 Å². The fourth-order valence-corrected chi connectivity index (χ4v) is 2.61. The van der Waals surface area contributed by atoms with Crippen molar-refractivity contribution in [1.82, 2.24) is 5.32 Å². The average Bonchev–Trinajstić information content (AvgIpc) is 2.76. The van der Waals surface area contributed by atoms with Crippen molar-refractivity contribution in [3.05, 3.63) is 65.5 Å². The summed E-state index contributed by atoms with van der Waals surface area (Å²) in [6.07, 6.45) is 1.68. The van der Waals surface area contributed by atoms with Gasteiger partial charge in [-0.1, -0.05) is 18.2 Å². The summed E-state index contributed by atoms with van der Waals surface area (Å²) in [5.41, 5.74) is 1.37. The molecular weight excluding hydrogens is 403 g/mol. The van der Waals surface area contributed by atoms with Crippen LogP contribution >= 0.6 is 0 Å². The molecule has 2 unspecified atom stereocenters. The number of amides is 1. The number of hydrogen-bond acceptors (Lipinski definition) is 6. The number of halogens is 1. The van der Waals surface area contributed by atoms with Gasteiger partial charge < -0.3 is 19.5 Å². The van der Waals surface area contributed by atoms with Crippen molar-refractivity contribution in [3.63, 3.8) is 0 Å². The lowest BCUT2D eigenvalue weighted by molar-refractivity contribution is -0.150. The molecule has 8 heteroatoms. The monoisotopic (exact) mass is 426 g/mol. The van der Waals surface area contributed by atoms with Gasteiger partial charge in [0.15, 0.2) is 24.2 Å². The highest BCUT2D eigenvalue weighted by atomic mass is 19.1. The van der Waals surface area contributed by atoms with Crippen LogP contribution in [0.5, 0.6) is 11.5 Å². The van der Waals surface area contributed by atoms with E-state index in [1.54, 1.807) is 37.3 Å². The Kier molecular flexibility index (Phi) is 8.58. The van der Waals surface area contributed by atoms with Gasteiger partial charge in [0.25, 0.3) is 5.91 Å². The number of carbonyl (C=O) groups excluding carboxylic acids is 2. The molecule has 0 spiro atoms. The van der Waals surface area contributed by atoms with Crippen LogP contribution in [0.3, 0.4) is 0 Å². The van der Waals surface area contributed by atoms with Crippen LogP contribution in [-0.2, 0) is 14.3 Å². The van der Waals surface area contributed by atoms with E-state index in [1.165, 1.54) is 38.3 Å². The molecule has 1 N–H and O–H groups in total. The molecule has 2 atom stereocenters. The van der Waals surface area contributed by atoms with E-state index >= 15 is 0 Å². The van der Waals surface area contributed by atoms with E-state index in [1.807, 2.05) is 6.07 Å². The number of benzene rings is 2. The van der Waals surface area contributed by atoms with Crippen LogP contribution in [-0.4, -0.2) is 31.7 Å². The second-order valence-electron chi connectivity index (χ2n) is 6.55. The van der Waals surface area contributed by atoms with Crippen molar-refractivity contribution in [3.8, 4) is 17.6 Å². The Bertz CT molecular complexity index is 982. The Labute approximate surface area is 180 Å². The maximum atomic E-state index is 13.0. The summed E-state index contributed by atoms with van der Waals surface area (Å²) in [6, 6.07) is 12.2. The van der Waals surface area contributed by atoms with Gasteiger partial charge in [-0.05, 0) is 55.3 Å². The van der Waals surface area contributed by atoms with E-state index in [2.05, 4.69) is 5.32 Å². The zero-order chi connectivity index (χ0) is 22.8. The topological polar surface area (TPSA) is 97.7 Å². The molecule has 0 aliphatic carbocycles. The van der Waals surface area contributed by atoms with Gasteiger partial charge in [0.1, 0.15) is 11.9 Å². The fourth-order valence-electron chi connectivity index (χ4n) is 2.61. The largest absolute Gasteiger partial charge is 0.493 e. The minimum absolute atomic E-state index is 0.113. The molecule has 2 rings (SSSR count). The minimum atomic E-state index is -1.02. The Morgan fingerprint density at radius 3 is 2.52 bits per heavy atom. The summed E-state index contributed by atoms with van der Waals surface area (Å²) in [4.78, 5) is 24.3. The Balaban J connectivity index is 1.92. The van der Waals surface area contributed by atoms with Crippen LogP contribution in [0.25, 0.3) is 6.08 Å². The van der Waals surface area contributed by atoms with Gasteiger partial charge in [0, 0.05) is 6.08 Å². The van der Waals surface area contributed by atoms with Gasteiger partial charge in [-0.15, -0.1) is 0 Å². The maximum Gasteiger partial charge on any atom is 0.331 e. The molecule has 0 aliphatic heterocycles. The van der Waals surface area contributed by atoms with E-state index in [-0.39, 0.29) is 18.5 Å². The van der Waals surface area contributed by atoms with Gasteiger partial charge in [0.2, 0.25) is 0 Å². The zero-order valence-corrected chi connectivity index (χ0v) is 17.4. The first-order valence-electron chi connectivity index (χ1n) is 9.46. The molecule has 0 aliphatic rings. The number of nitrogens with zero attached hydrogens (tertiary/aromatic N) is 1. The van der Waals surface area contributed by atoms with E-state index in [0.29, 0.717) is 17.1 Å². The highest BCUT2D eigenvalue weighted by Gasteiger charge is 2.19. The van der Waals surface area contributed by atoms with Crippen LogP contribution in [0, 0.1) is 17.1 Å². The second-order valence-corrected chi connectivity index (χ2v) is 6.55. The summed E-state index contributed by atoms with van der Waals surface area (Å²) in [6.45, 7) is 3.09. The van der Waals surface area contributed by atoms with Crippen molar-refractivity contribution in [1.29, 1.82) is 5.26 Å². The third-order valence-corrected chi connectivity index (χ3v) is 4.28. The van der Waals surface area contributed by atoms with Crippen molar-refractivity contribution in [2.24, 2.45) is 0 Å². The smallest absolute Gasteiger partial charge is 0.331 e. The SMILES string of the molecule is COc1cc(/C=C/C(=O)OC(C)C(=O)NC(C)c2ccc(F)cc2)ccc1OCC#N. The highest BCUT2D eigenvalue weighted by Crippen LogP contribution is 2.28. The lowest BCUT2D eigenvalue weighted by Crippen LogP contribution is -2.37. The predicted molar refractivity (Wildman–Crippen MR) is 112 cm³/mol. The molecule has 31 heavy (non-hydrogen) atoms. The summed E-state index contributed by atoms with van der Waals surface area (Å²) in [5.74, 6) is -0.712. The summed E-state index contributed by atoms with van der Waals surface area (Å²) >= 11 is 0. The Morgan fingerprint density at radius 2 is 1.87 bits per heavy atom. The fraction of sp³-hybridized carbons (Fsp3) is 0.261. The summed E-state index contributed by atoms with van der Waals surface area (Å²) in [5, 5.41) is 11.3. The van der Waals surface area contributed by atoms with Crippen molar-refractivity contribution < 1.29 is 28.2 Å². The quantitative estimate of drug-likeness (QED) is 0.486. The van der Waals surface area contributed by atoms with E-state index in [0.717, 1.165) is 5.56 Å². The molecule has 0 bridgehead atoms. The first-order chi connectivity index (χ1) is 14.8. The molecule has 0 radical (unpaired) electrons. The number of methoxy groups -OCH3 is 1. The van der Waals surface area contributed by atoms with Crippen LogP contribution in [0.1, 0.15) is 31.0 Å². The molecular formula is C23H23FN2O5. The molecule has 0 fully saturated rings. The normalized spacial score (nSPS) is 12.5. The molecule has 0 saturated heterocycles. The van der Waals surface area contributed by atoms with E-state index < -0.39 is 18.0 Å². The molecule has 2 aromatic rings. The van der Waals surface area contributed by atoms with Gasteiger partial charge in [0.05, 0.1) is 13.2 Å². The van der Waals surface area contributed by atoms with E-state index in [9.17, 15) is 14.0 Å². The first-order valence-corrected chi connectivity index (χ1v) is 9.46. The van der Waals surface area contributed by atoms with Gasteiger partial charge in [-0.25, -0.2) is 9.18 Å². The number of esters is 1. The lowest BCUT2D eigenvalue weighted by atomic mass is 10.1. The molecule has 162 valence electrons. The molecule has 7 nitrogen and oxygen atoms in total. The highest BCUT2D eigenvalue weighted by molar-refractivity contribution is 5.90. The third-order valence-electron chi connectivity index (χ3n) is 4.28. The molecule has 1 amide bonds. The second kappa shape index (κ2) is 11.4. The average molecular weight is 426 g/mol. The van der Waals surface area contributed by atoms with Gasteiger partial charge >= 0.3 is 5.97 Å². The zero-order valence-electron chi connectivity index (χ0n) is 17.4. The number of carbonyl (C=O) groups is 2. The van der Waals surface area contributed by atoms with E-state index in [4.69, 9.17) is 19.5 Å². The summed E-state index contributed by atoms with van der Waals surface area (Å²) < 4.78 is 28.6. The third kappa shape index (κ3) is 7.16. The molecule has 0 heterocycles. The molecule has 0 aromatic heterocycles. The van der Waals surface area contributed by atoms with Crippen LogP contribution in [0.2, 0.25) is 0 Å². The van der Waals surface area contributed by atoms with Crippen molar-refractivity contribution in [2.75, 3.05) is 13.7 Å². The number of rotatable bonds is 9. The lowest BCUT2D eigenvalue weighted by Gasteiger charge is -2.18. The van der Waals surface area contributed by atoms with Crippen molar-refractivity contribution >= 4 is 18.0 Å². The number of nitriles is 1. The van der Waals surface area contributed by atoms with Crippen LogP contribution in [0.15, 0.2) is 48.5 Å². The minimum Gasteiger partial charge on any atom is -0.493 e. The van der Waals surface area contributed by atoms with Crippen molar-refractivity contribution in [2.45, 2.75) is 26.0 Å². The number of hydrogen-bond donors (Lipinski definition) is 1. The van der Waals surface area contributed by atoms with Gasteiger partial charge in [-0.2, -0.15) is 5.26 Å². The summed E-state index contributed by atoms with van der Waals surface area (Å²) in [7, 11) is 1.46. The molecule has 0 saturated carbocycles. The number of ether oxygens (including phenoxy) is 3. The van der Waals surface area contributed by atoms with Gasteiger partial charge in [-0.3, -0.25) is 4.79 Å². The number of nitrogens with one attached hydrogen (secondary N) is 1. The predicted octanol–water partition coefficient (Wildman–Crippen LogP) is 3.56. The standard InChI is InChI=1S/C23H23FN2O5/c1-15(18-6-8-19(24)9-7-18)26-23(28)16(2)31-22(27)11-5-17-4-10-20(30-13-12-25)21(14-17)29-3/h4-11,14-16H,13H2,1-3H3,(H,26,28)/b11-5+. The Morgan fingerprint density at radius 1 is 1.16 bits per heavy atom. The Hall–Kier alpha value is -3.86.